The number of nitrogens with one attached hydrogen (secondary N) is 1. The Labute approximate surface area is 199 Å². The van der Waals surface area contributed by atoms with Crippen LogP contribution in [0.25, 0.3) is 0 Å². The predicted octanol–water partition coefficient (Wildman–Crippen LogP) is 4.53. The third-order valence-corrected chi connectivity index (χ3v) is 7.30. The van der Waals surface area contributed by atoms with E-state index in [4.69, 9.17) is 21.3 Å². The second-order valence-electron chi connectivity index (χ2n) is 7.14. The molecule has 1 N–H and O–H groups in total. The summed E-state index contributed by atoms with van der Waals surface area (Å²) in [6, 6.07) is 15.1. The summed E-state index contributed by atoms with van der Waals surface area (Å²) in [6.07, 6.45) is 1.49. The number of thioether (sulfide) groups is 2. The minimum atomic E-state index is -0.228. The maximum absolute atomic E-state index is 13.1. The Balaban J connectivity index is 1.51. The monoisotopic (exact) mass is 487 g/mol. The van der Waals surface area contributed by atoms with E-state index in [9.17, 15) is 9.59 Å². The highest BCUT2D eigenvalue weighted by molar-refractivity contribution is 8.00. The van der Waals surface area contributed by atoms with Crippen LogP contribution in [0.4, 0.5) is 5.69 Å². The highest BCUT2D eigenvalue weighted by Crippen LogP contribution is 2.30. The highest BCUT2D eigenvalue weighted by Gasteiger charge is 2.22. The van der Waals surface area contributed by atoms with Gasteiger partial charge in [-0.25, -0.2) is 4.98 Å². The first-order chi connectivity index (χ1) is 15.5. The van der Waals surface area contributed by atoms with Gasteiger partial charge in [0.05, 0.1) is 29.1 Å². The summed E-state index contributed by atoms with van der Waals surface area (Å²) in [6.45, 7) is 0.510. The number of aromatic nitrogens is 2. The highest BCUT2D eigenvalue weighted by atomic mass is 35.5. The molecule has 1 aliphatic rings. The van der Waals surface area contributed by atoms with E-state index in [-0.39, 0.29) is 17.2 Å². The number of ether oxygens (including phenoxy) is 1. The molecule has 0 aliphatic carbocycles. The first kappa shape index (κ1) is 22.8. The van der Waals surface area contributed by atoms with Crippen LogP contribution in [0.15, 0.2) is 63.4 Å². The Morgan fingerprint density at radius 3 is 2.88 bits per heavy atom. The molecular weight excluding hydrogens is 466 g/mol. The van der Waals surface area contributed by atoms with Gasteiger partial charge in [0.25, 0.3) is 5.56 Å². The number of carbonyl (C=O) groups is 1. The number of methoxy groups -OCH3 is 1. The lowest BCUT2D eigenvalue weighted by molar-refractivity contribution is -0.113. The van der Waals surface area contributed by atoms with E-state index in [1.54, 1.807) is 34.5 Å². The Hall–Kier alpha value is -2.42. The van der Waals surface area contributed by atoms with Crippen LogP contribution in [0.3, 0.4) is 0 Å². The van der Waals surface area contributed by atoms with Crippen LogP contribution in [0.2, 0.25) is 5.02 Å². The molecule has 166 valence electrons. The van der Waals surface area contributed by atoms with Crippen LogP contribution in [0.1, 0.15) is 11.3 Å². The number of fused-ring (bicyclic) bond motifs is 1. The summed E-state index contributed by atoms with van der Waals surface area (Å²) in [5, 5.41) is 3.90. The first-order valence-corrected chi connectivity index (χ1v) is 12.5. The van der Waals surface area contributed by atoms with E-state index in [0.29, 0.717) is 34.6 Å². The molecule has 2 aromatic carbocycles. The molecule has 1 aliphatic heterocycles. The lowest BCUT2D eigenvalue weighted by Crippen LogP contribution is -2.27. The molecular formula is C23H22ClN3O3S2. The fourth-order valence-electron chi connectivity index (χ4n) is 3.41. The van der Waals surface area contributed by atoms with Gasteiger partial charge >= 0.3 is 0 Å². The van der Waals surface area contributed by atoms with Gasteiger partial charge in [-0.05, 0) is 30.2 Å². The van der Waals surface area contributed by atoms with Gasteiger partial charge in [0.2, 0.25) is 5.91 Å². The second kappa shape index (κ2) is 10.5. The van der Waals surface area contributed by atoms with Crippen LogP contribution in [0.5, 0.6) is 5.75 Å². The van der Waals surface area contributed by atoms with Crippen molar-refractivity contribution < 1.29 is 9.53 Å². The van der Waals surface area contributed by atoms with Crippen LogP contribution in [-0.4, -0.2) is 34.1 Å². The number of nitrogens with zero attached hydrogens (tertiary/aromatic N) is 2. The minimum absolute atomic E-state index is 0.0205. The van der Waals surface area contributed by atoms with Gasteiger partial charge in [0.15, 0.2) is 5.16 Å². The molecule has 1 amide bonds. The molecule has 0 radical (unpaired) electrons. The molecule has 0 fully saturated rings. The standard InChI is InChI=1S/C23H22ClN3O3S2/c1-30-19-8-7-16(24)13-18(19)25-20(28)14-32-23-26-17-10-12-31-21(17)22(29)27(23)11-9-15-5-3-2-4-6-15/h2-8,13H,9-12,14H2,1H3,(H,25,28). The number of benzene rings is 2. The van der Waals surface area contributed by atoms with Crippen molar-refractivity contribution in [2.75, 3.05) is 23.9 Å². The molecule has 4 rings (SSSR count). The molecule has 0 saturated carbocycles. The topological polar surface area (TPSA) is 73.2 Å². The van der Waals surface area contributed by atoms with Crippen molar-refractivity contribution in [3.05, 3.63) is 75.2 Å². The molecule has 0 atom stereocenters. The molecule has 0 bridgehead atoms. The fraction of sp³-hybridized carbons (Fsp3) is 0.261. The molecule has 3 aromatic rings. The maximum atomic E-state index is 13.1. The van der Waals surface area contributed by atoms with Crippen molar-refractivity contribution in [2.24, 2.45) is 0 Å². The summed E-state index contributed by atoms with van der Waals surface area (Å²) in [7, 11) is 1.53. The molecule has 6 nitrogen and oxygen atoms in total. The van der Waals surface area contributed by atoms with Gasteiger partial charge in [-0.2, -0.15) is 0 Å². The van der Waals surface area contributed by atoms with E-state index < -0.39 is 0 Å². The Kier molecular flexibility index (Phi) is 7.44. The molecule has 9 heteroatoms. The zero-order valence-electron chi connectivity index (χ0n) is 17.5. The second-order valence-corrected chi connectivity index (χ2v) is 9.63. The van der Waals surface area contributed by atoms with E-state index in [1.807, 2.05) is 30.3 Å². The van der Waals surface area contributed by atoms with Gasteiger partial charge in [-0.3, -0.25) is 14.2 Å². The molecule has 1 aromatic heterocycles. The summed E-state index contributed by atoms with van der Waals surface area (Å²) >= 11 is 8.87. The summed E-state index contributed by atoms with van der Waals surface area (Å²) in [5.41, 5.74) is 2.46. The average molecular weight is 488 g/mol. The van der Waals surface area contributed by atoms with Gasteiger partial charge < -0.3 is 10.1 Å². The number of hydrogen-bond donors (Lipinski definition) is 1. The number of amides is 1. The Morgan fingerprint density at radius 2 is 2.09 bits per heavy atom. The van der Waals surface area contributed by atoms with Crippen molar-refractivity contribution in [3.63, 3.8) is 0 Å². The molecule has 0 unspecified atom stereocenters. The third kappa shape index (κ3) is 5.31. The van der Waals surface area contributed by atoms with Gasteiger partial charge in [0, 0.05) is 23.7 Å². The zero-order valence-corrected chi connectivity index (χ0v) is 19.9. The molecule has 0 spiro atoms. The molecule has 0 saturated heterocycles. The third-order valence-electron chi connectivity index (χ3n) is 4.98. The zero-order chi connectivity index (χ0) is 22.5. The van der Waals surface area contributed by atoms with Crippen LogP contribution < -0.4 is 15.6 Å². The SMILES string of the molecule is COc1ccc(Cl)cc1NC(=O)CSc1nc2c(c(=O)n1CCc1ccccc1)SCC2. The maximum Gasteiger partial charge on any atom is 0.268 e. The van der Waals surface area contributed by atoms with Gasteiger partial charge in [0.1, 0.15) is 5.75 Å². The number of carbonyl (C=O) groups excluding carboxylic acids is 1. The quantitative estimate of drug-likeness (QED) is 0.372. The molecule has 32 heavy (non-hydrogen) atoms. The normalized spacial score (nSPS) is 12.4. The van der Waals surface area contributed by atoms with Gasteiger partial charge in [-0.15, -0.1) is 11.8 Å². The van der Waals surface area contributed by atoms with Crippen LogP contribution in [0, 0.1) is 0 Å². The van der Waals surface area contributed by atoms with Crippen LogP contribution in [-0.2, 0) is 24.2 Å². The summed E-state index contributed by atoms with van der Waals surface area (Å²) < 4.78 is 6.98. The van der Waals surface area contributed by atoms with Crippen molar-refractivity contribution in [1.82, 2.24) is 9.55 Å². The van der Waals surface area contributed by atoms with E-state index >= 15 is 0 Å². The minimum Gasteiger partial charge on any atom is -0.495 e. The van der Waals surface area contributed by atoms with E-state index in [2.05, 4.69) is 5.32 Å². The fourth-order valence-corrected chi connectivity index (χ4v) is 5.47. The predicted molar refractivity (Wildman–Crippen MR) is 130 cm³/mol. The number of anilines is 1. The Morgan fingerprint density at radius 1 is 1.28 bits per heavy atom. The lowest BCUT2D eigenvalue weighted by Gasteiger charge is -2.14. The van der Waals surface area contributed by atoms with Crippen molar-refractivity contribution in [1.29, 1.82) is 0 Å². The largest absolute Gasteiger partial charge is 0.495 e. The number of hydrogen-bond acceptors (Lipinski definition) is 6. The number of rotatable bonds is 8. The van der Waals surface area contributed by atoms with Crippen molar-refractivity contribution in [3.8, 4) is 5.75 Å². The van der Waals surface area contributed by atoms with E-state index in [1.165, 1.54) is 18.9 Å². The molecule has 2 heterocycles. The first-order valence-electron chi connectivity index (χ1n) is 10.1. The lowest BCUT2D eigenvalue weighted by atomic mass is 10.1. The number of halogens is 1. The van der Waals surface area contributed by atoms with Crippen molar-refractivity contribution >= 4 is 46.7 Å². The van der Waals surface area contributed by atoms with Crippen molar-refractivity contribution in [2.45, 2.75) is 29.4 Å². The number of aryl methyl sites for hydroxylation is 2. The van der Waals surface area contributed by atoms with Gasteiger partial charge in [-0.1, -0.05) is 53.7 Å². The summed E-state index contributed by atoms with van der Waals surface area (Å²) in [5.74, 6) is 1.27. The smallest absolute Gasteiger partial charge is 0.268 e. The van der Waals surface area contributed by atoms with E-state index in [0.717, 1.165) is 28.3 Å². The Bertz CT molecular complexity index is 1190. The average Bonchev–Trinajstić information content (AvgIpc) is 3.27. The summed E-state index contributed by atoms with van der Waals surface area (Å²) in [4.78, 5) is 31.2. The van der Waals surface area contributed by atoms with Crippen LogP contribution >= 0.6 is 35.1 Å².